The molecule has 1 fully saturated rings. The Morgan fingerprint density at radius 3 is 2.81 bits per heavy atom. The van der Waals surface area contributed by atoms with Gasteiger partial charge >= 0.3 is 6.03 Å². The first-order valence-electron chi connectivity index (χ1n) is 7.66. The van der Waals surface area contributed by atoms with Gasteiger partial charge in [0.15, 0.2) is 0 Å². The molecule has 21 heavy (non-hydrogen) atoms. The first kappa shape index (κ1) is 15.5. The van der Waals surface area contributed by atoms with Gasteiger partial charge < -0.3 is 20.7 Å². The topological polar surface area (TPSA) is 67.6 Å². The number of rotatable bonds is 5. The van der Waals surface area contributed by atoms with Crippen LogP contribution in [0.15, 0.2) is 24.3 Å². The molecule has 0 aromatic heterocycles. The number of likely N-dealkylation sites (tertiary alicyclic amines) is 1. The molecule has 1 unspecified atom stereocenters. The number of primary amides is 1. The molecular formula is C16H25N3O2. The highest BCUT2D eigenvalue weighted by Gasteiger charge is 2.21. The second-order valence-corrected chi connectivity index (χ2v) is 5.61. The van der Waals surface area contributed by atoms with Gasteiger partial charge in [-0.2, -0.15) is 0 Å². The fourth-order valence-corrected chi connectivity index (χ4v) is 2.45. The monoisotopic (exact) mass is 291 g/mol. The molecule has 1 saturated heterocycles. The predicted octanol–water partition coefficient (Wildman–Crippen LogP) is 2.82. The summed E-state index contributed by atoms with van der Waals surface area (Å²) in [6, 6.07) is 8.11. The second kappa shape index (κ2) is 7.20. The van der Waals surface area contributed by atoms with Crippen LogP contribution in [0.2, 0.25) is 0 Å². The maximum absolute atomic E-state index is 11.1. The van der Waals surface area contributed by atoms with E-state index in [9.17, 15) is 4.79 Å². The average molecular weight is 291 g/mol. The molecule has 0 saturated carbocycles. The molecule has 1 heterocycles. The Morgan fingerprint density at radius 2 is 2.19 bits per heavy atom. The molecule has 5 nitrogen and oxygen atoms in total. The zero-order valence-corrected chi connectivity index (χ0v) is 12.8. The number of hydrogen-bond donors (Lipinski definition) is 2. The minimum Gasteiger partial charge on any atom is -0.491 e. The summed E-state index contributed by atoms with van der Waals surface area (Å²) in [7, 11) is 0. The maximum atomic E-state index is 11.1. The first-order valence-corrected chi connectivity index (χ1v) is 7.66. The minimum atomic E-state index is -0.322. The van der Waals surface area contributed by atoms with E-state index in [4.69, 9.17) is 10.5 Å². The van der Waals surface area contributed by atoms with Crippen molar-refractivity contribution in [1.29, 1.82) is 0 Å². The van der Waals surface area contributed by atoms with Crippen LogP contribution in [0.25, 0.3) is 0 Å². The number of benzene rings is 1. The zero-order valence-electron chi connectivity index (χ0n) is 12.8. The Balaban J connectivity index is 1.89. The van der Waals surface area contributed by atoms with Crippen LogP contribution >= 0.6 is 0 Å². The van der Waals surface area contributed by atoms with Gasteiger partial charge in [0.25, 0.3) is 0 Å². The number of carbonyl (C=O) groups is 1. The van der Waals surface area contributed by atoms with E-state index in [2.05, 4.69) is 19.2 Å². The number of anilines is 1. The van der Waals surface area contributed by atoms with Gasteiger partial charge in [0.1, 0.15) is 5.75 Å². The molecular weight excluding hydrogens is 266 g/mol. The summed E-state index contributed by atoms with van der Waals surface area (Å²) in [6.07, 6.45) is 3.04. The van der Waals surface area contributed by atoms with Crippen molar-refractivity contribution in [2.45, 2.75) is 45.3 Å². The molecule has 116 valence electrons. The second-order valence-electron chi connectivity index (χ2n) is 5.61. The van der Waals surface area contributed by atoms with E-state index in [1.807, 2.05) is 24.3 Å². The molecule has 2 rings (SSSR count). The van der Waals surface area contributed by atoms with Gasteiger partial charge in [-0.1, -0.05) is 13.0 Å². The lowest BCUT2D eigenvalue weighted by molar-refractivity contribution is 0.193. The highest BCUT2D eigenvalue weighted by atomic mass is 16.5. The first-order chi connectivity index (χ1) is 10.1. The van der Waals surface area contributed by atoms with Crippen LogP contribution in [0, 0.1) is 0 Å². The van der Waals surface area contributed by atoms with Crippen molar-refractivity contribution >= 4 is 11.7 Å². The number of carbonyl (C=O) groups excluding carboxylic acids is 1. The van der Waals surface area contributed by atoms with E-state index in [-0.39, 0.29) is 12.1 Å². The Bertz CT molecular complexity index is 470. The van der Waals surface area contributed by atoms with Crippen molar-refractivity contribution in [2.75, 3.05) is 18.4 Å². The molecule has 3 N–H and O–H groups in total. The van der Waals surface area contributed by atoms with Crippen LogP contribution in [0.4, 0.5) is 10.5 Å². The Morgan fingerprint density at radius 1 is 1.48 bits per heavy atom. The average Bonchev–Trinajstić information content (AvgIpc) is 2.48. The summed E-state index contributed by atoms with van der Waals surface area (Å²) in [5, 5.41) is 3.51. The van der Waals surface area contributed by atoms with Crippen molar-refractivity contribution in [3.05, 3.63) is 24.3 Å². The highest BCUT2D eigenvalue weighted by Crippen LogP contribution is 2.22. The highest BCUT2D eigenvalue weighted by molar-refractivity contribution is 5.72. The van der Waals surface area contributed by atoms with Crippen LogP contribution in [0.1, 0.15) is 33.1 Å². The van der Waals surface area contributed by atoms with Gasteiger partial charge in [-0.3, -0.25) is 0 Å². The summed E-state index contributed by atoms with van der Waals surface area (Å²) in [5.41, 5.74) is 6.36. The Hall–Kier alpha value is -1.91. The largest absolute Gasteiger partial charge is 0.491 e. The van der Waals surface area contributed by atoms with Gasteiger partial charge in [-0.15, -0.1) is 0 Å². The van der Waals surface area contributed by atoms with Crippen LogP contribution < -0.4 is 15.8 Å². The van der Waals surface area contributed by atoms with Gasteiger partial charge in [-0.05, 0) is 38.3 Å². The maximum Gasteiger partial charge on any atom is 0.314 e. The molecule has 1 aromatic carbocycles. The van der Waals surface area contributed by atoms with E-state index < -0.39 is 0 Å². The third-order valence-electron chi connectivity index (χ3n) is 3.92. The van der Waals surface area contributed by atoms with E-state index in [1.165, 1.54) is 0 Å². The van der Waals surface area contributed by atoms with Gasteiger partial charge in [-0.25, -0.2) is 4.79 Å². The van der Waals surface area contributed by atoms with E-state index in [1.54, 1.807) is 4.90 Å². The van der Waals surface area contributed by atoms with Crippen molar-refractivity contribution in [2.24, 2.45) is 5.73 Å². The Kier molecular flexibility index (Phi) is 5.31. The van der Waals surface area contributed by atoms with E-state index in [0.29, 0.717) is 6.04 Å². The SMILES string of the molecule is CCC(C)Oc1cccc(NC2CCN(C(N)=O)CC2)c1. The van der Waals surface area contributed by atoms with Gasteiger partial charge in [0, 0.05) is 30.9 Å². The van der Waals surface area contributed by atoms with Crippen LogP contribution in [-0.2, 0) is 0 Å². The van der Waals surface area contributed by atoms with Crippen molar-refractivity contribution < 1.29 is 9.53 Å². The van der Waals surface area contributed by atoms with Crippen LogP contribution in [0.3, 0.4) is 0 Å². The molecule has 1 aromatic rings. The number of nitrogens with one attached hydrogen (secondary N) is 1. The third-order valence-corrected chi connectivity index (χ3v) is 3.92. The summed E-state index contributed by atoms with van der Waals surface area (Å²) >= 11 is 0. The molecule has 0 spiro atoms. The number of amides is 2. The number of piperidine rings is 1. The normalized spacial score (nSPS) is 17.3. The summed E-state index contributed by atoms with van der Waals surface area (Å²) in [5.74, 6) is 0.893. The summed E-state index contributed by atoms with van der Waals surface area (Å²) < 4.78 is 5.83. The molecule has 1 aliphatic heterocycles. The van der Waals surface area contributed by atoms with Gasteiger partial charge in [0.2, 0.25) is 0 Å². The fraction of sp³-hybridized carbons (Fsp3) is 0.562. The number of nitrogens with two attached hydrogens (primary N) is 1. The third kappa shape index (κ3) is 4.55. The minimum absolute atomic E-state index is 0.221. The number of nitrogens with zero attached hydrogens (tertiary/aromatic N) is 1. The lowest BCUT2D eigenvalue weighted by Gasteiger charge is -2.31. The summed E-state index contributed by atoms with van der Waals surface area (Å²) in [4.78, 5) is 12.8. The molecule has 1 aliphatic rings. The molecule has 2 amide bonds. The molecule has 0 aliphatic carbocycles. The van der Waals surface area contributed by atoms with Crippen molar-refractivity contribution in [3.8, 4) is 5.75 Å². The fourth-order valence-electron chi connectivity index (χ4n) is 2.45. The van der Waals surface area contributed by atoms with E-state index in [0.717, 1.165) is 43.8 Å². The Labute approximate surface area is 126 Å². The zero-order chi connectivity index (χ0) is 15.2. The number of urea groups is 1. The lowest BCUT2D eigenvalue weighted by atomic mass is 10.0. The van der Waals surface area contributed by atoms with Gasteiger partial charge in [0.05, 0.1) is 6.10 Å². The molecule has 1 atom stereocenters. The number of ether oxygens (including phenoxy) is 1. The molecule has 5 heteroatoms. The van der Waals surface area contributed by atoms with Crippen LogP contribution in [-0.4, -0.2) is 36.2 Å². The summed E-state index contributed by atoms with van der Waals surface area (Å²) in [6.45, 7) is 5.62. The van der Waals surface area contributed by atoms with Crippen molar-refractivity contribution in [1.82, 2.24) is 4.90 Å². The quantitative estimate of drug-likeness (QED) is 0.876. The smallest absolute Gasteiger partial charge is 0.314 e. The van der Waals surface area contributed by atoms with Crippen molar-refractivity contribution in [3.63, 3.8) is 0 Å². The predicted molar refractivity (Wildman–Crippen MR) is 84.6 cm³/mol. The van der Waals surface area contributed by atoms with E-state index >= 15 is 0 Å². The molecule has 0 bridgehead atoms. The standard InChI is InChI=1S/C16H25N3O2/c1-3-12(2)21-15-6-4-5-14(11-15)18-13-7-9-19(10-8-13)16(17)20/h4-6,11-13,18H,3,7-10H2,1-2H3,(H2,17,20). The molecule has 0 radical (unpaired) electrons. The van der Waals surface area contributed by atoms with Crippen LogP contribution in [0.5, 0.6) is 5.75 Å². The number of hydrogen-bond acceptors (Lipinski definition) is 3. The lowest BCUT2D eigenvalue weighted by Crippen LogP contribution is -2.44.